The van der Waals surface area contributed by atoms with Crippen molar-refractivity contribution in [3.8, 4) is 11.1 Å². The minimum atomic E-state index is -0.271. The molecule has 1 saturated heterocycles. The van der Waals surface area contributed by atoms with Gasteiger partial charge in [-0.3, -0.25) is 4.79 Å². The van der Waals surface area contributed by atoms with Crippen molar-refractivity contribution in [2.45, 2.75) is 32.7 Å². The van der Waals surface area contributed by atoms with Crippen LogP contribution in [0.4, 0.5) is 17.2 Å². The summed E-state index contributed by atoms with van der Waals surface area (Å²) < 4.78 is 0. The molecule has 5 rings (SSSR count). The first kappa shape index (κ1) is 22.3. The molecule has 2 aliphatic rings. The van der Waals surface area contributed by atoms with E-state index in [1.54, 1.807) is 6.92 Å². The quantitative estimate of drug-likeness (QED) is 0.583. The summed E-state index contributed by atoms with van der Waals surface area (Å²) in [7, 11) is 2.18. The van der Waals surface area contributed by atoms with Crippen LogP contribution >= 0.6 is 0 Å². The maximum absolute atomic E-state index is 12.5. The van der Waals surface area contributed by atoms with Crippen LogP contribution in [-0.2, 0) is 0 Å². The van der Waals surface area contributed by atoms with E-state index in [4.69, 9.17) is 0 Å². The van der Waals surface area contributed by atoms with Gasteiger partial charge in [-0.1, -0.05) is 0 Å². The monoisotopic (exact) mass is 457 g/mol. The Morgan fingerprint density at radius 2 is 1.74 bits per heavy atom. The molecule has 2 aromatic heterocycles. The number of amides is 1. The van der Waals surface area contributed by atoms with Crippen LogP contribution in [0.15, 0.2) is 42.7 Å². The van der Waals surface area contributed by atoms with E-state index in [1.165, 1.54) is 30.9 Å². The topological polar surface area (TPSA) is 86.3 Å². The second kappa shape index (κ2) is 9.38. The number of benzene rings is 1. The molecule has 8 heteroatoms. The van der Waals surface area contributed by atoms with E-state index in [1.807, 2.05) is 19.1 Å². The average Bonchev–Trinajstić information content (AvgIpc) is 3.64. The number of pyridine rings is 1. The van der Waals surface area contributed by atoms with E-state index in [-0.39, 0.29) is 5.91 Å². The summed E-state index contributed by atoms with van der Waals surface area (Å²) in [6, 6.07) is 11.2. The molecule has 0 radical (unpaired) electrons. The number of likely N-dealkylation sites (N-methyl/N-ethyl adjacent to an activating group) is 1. The van der Waals surface area contributed by atoms with Crippen LogP contribution in [0.2, 0.25) is 0 Å². The van der Waals surface area contributed by atoms with Gasteiger partial charge in [0.15, 0.2) is 0 Å². The third-order valence-corrected chi connectivity index (χ3v) is 6.42. The lowest BCUT2D eigenvalue weighted by Crippen LogP contribution is -2.44. The van der Waals surface area contributed by atoms with Crippen molar-refractivity contribution in [2.24, 2.45) is 0 Å². The fourth-order valence-electron chi connectivity index (χ4n) is 4.19. The van der Waals surface area contributed by atoms with Gasteiger partial charge in [0.05, 0.1) is 5.56 Å². The zero-order valence-corrected chi connectivity index (χ0v) is 20.0. The lowest BCUT2D eigenvalue weighted by atomic mass is 10.0. The Hall–Kier alpha value is -3.52. The molecular formula is C26H31N7O. The number of aryl methyl sites for hydroxylation is 2. The molecule has 34 heavy (non-hydrogen) atoms. The Morgan fingerprint density at radius 3 is 2.41 bits per heavy atom. The molecule has 2 fully saturated rings. The molecule has 0 bridgehead atoms. The molecule has 1 aliphatic heterocycles. The van der Waals surface area contributed by atoms with Crippen LogP contribution in [0.25, 0.3) is 11.1 Å². The van der Waals surface area contributed by atoms with E-state index in [0.29, 0.717) is 23.2 Å². The van der Waals surface area contributed by atoms with E-state index >= 15 is 0 Å². The fraction of sp³-hybridized carbons (Fsp3) is 0.385. The zero-order chi connectivity index (χ0) is 23.7. The summed E-state index contributed by atoms with van der Waals surface area (Å²) in [4.78, 5) is 30.2. The number of nitrogens with one attached hydrogen (secondary N) is 2. The summed E-state index contributed by atoms with van der Waals surface area (Å²) in [5.41, 5.74) is 5.87. The largest absolute Gasteiger partial charge is 0.382 e. The van der Waals surface area contributed by atoms with Gasteiger partial charge in [-0.05, 0) is 69.6 Å². The van der Waals surface area contributed by atoms with Gasteiger partial charge in [-0.25, -0.2) is 15.0 Å². The molecule has 0 atom stereocenters. The molecular weight excluding hydrogens is 426 g/mol. The standard InChI is InChI=1S/C26H31N7O/c1-17-24(6-7-25(29-17)31-26(34)20-15-27-18(2)28-16-20)19-12-22(30-21-4-5-21)14-23(13-19)33-10-8-32(3)9-11-33/h6-7,12-16,21,30H,4-5,8-11H2,1-3H3,(H,29,31,34). The molecule has 1 saturated carbocycles. The molecule has 3 aromatic rings. The van der Waals surface area contributed by atoms with Gasteiger partial charge in [-0.15, -0.1) is 0 Å². The number of piperazine rings is 1. The van der Waals surface area contributed by atoms with Gasteiger partial charge < -0.3 is 20.4 Å². The maximum Gasteiger partial charge on any atom is 0.259 e. The number of anilines is 3. The van der Waals surface area contributed by atoms with Gasteiger partial charge in [0.1, 0.15) is 11.6 Å². The van der Waals surface area contributed by atoms with E-state index in [2.05, 4.69) is 60.6 Å². The molecule has 0 unspecified atom stereocenters. The smallest absolute Gasteiger partial charge is 0.259 e. The van der Waals surface area contributed by atoms with Crippen molar-refractivity contribution >= 4 is 23.1 Å². The van der Waals surface area contributed by atoms with Crippen LogP contribution in [0.1, 0.15) is 34.7 Å². The van der Waals surface area contributed by atoms with E-state index < -0.39 is 0 Å². The van der Waals surface area contributed by atoms with Crippen molar-refractivity contribution in [3.63, 3.8) is 0 Å². The molecule has 176 valence electrons. The lowest BCUT2D eigenvalue weighted by molar-refractivity contribution is 0.102. The molecule has 8 nitrogen and oxygen atoms in total. The number of aromatic nitrogens is 3. The number of hydrogen-bond donors (Lipinski definition) is 2. The van der Waals surface area contributed by atoms with Gasteiger partial charge in [0.2, 0.25) is 0 Å². The average molecular weight is 458 g/mol. The Balaban J connectivity index is 1.40. The zero-order valence-electron chi connectivity index (χ0n) is 20.0. The Bertz CT molecular complexity index is 1180. The van der Waals surface area contributed by atoms with Crippen LogP contribution in [0, 0.1) is 13.8 Å². The van der Waals surface area contributed by atoms with E-state index in [9.17, 15) is 4.79 Å². The third-order valence-electron chi connectivity index (χ3n) is 6.42. The van der Waals surface area contributed by atoms with Crippen LogP contribution in [0.5, 0.6) is 0 Å². The number of nitrogens with zero attached hydrogens (tertiary/aromatic N) is 5. The minimum Gasteiger partial charge on any atom is -0.382 e. The van der Waals surface area contributed by atoms with Gasteiger partial charge in [0.25, 0.3) is 5.91 Å². The Labute approximate surface area is 200 Å². The lowest BCUT2D eigenvalue weighted by Gasteiger charge is -2.34. The fourth-order valence-corrected chi connectivity index (χ4v) is 4.19. The number of carbonyl (C=O) groups excluding carboxylic acids is 1. The normalized spacial score (nSPS) is 16.4. The van der Waals surface area contributed by atoms with Crippen molar-refractivity contribution in [2.75, 3.05) is 48.8 Å². The highest BCUT2D eigenvalue weighted by Crippen LogP contribution is 2.34. The minimum absolute atomic E-state index is 0.271. The van der Waals surface area contributed by atoms with Crippen molar-refractivity contribution in [3.05, 3.63) is 59.8 Å². The second-order valence-corrected chi connectivity index (χ2v) is 9.28. The van der Waals surface area contributed by atoms with Crippen molar-refractivity contribution in [1.82, 2.24) is 19.9 Å². The molecule has 2 N–H and O–H groups in total. The Kier molecular flexibility index (Phi) is 6.15. The summed E-state index contributed by atoms with van der Waals surface area (Å²) in [5.74, 6) is 0.871. The molecule has 1 aromatic carbocycles. The first-order valence-electron chi connectivity index (χ1n) is 11.9. The summed E-state index contributed by atoms with van der Waals surface area (Å²) in [6.07, 6.45) is 5.51. The summed E-state index contributed by atoms with van der Waals surface area (Å²) in [5, 5.41) is 6.52. The SMILES string of the molecule is Cc1ncc(C(=O)Nc2ccc(-c3cc(NC4CC4)cc(N4CCN(C)CC4)c3)c(C)n2)cn1. The van der Waals surface area contributed by atoms with Crippen LogP contribution in [0.3, 0.4) is 0 Å². The number of carbonyl (C=O) groups is 1. The highest BCUT2D eigenvalue weighted by Gasteiger charge is 2.22. The van der Waals surface area contributed by atoms with E-state index in [0.717, 1.165) is 48.7 Å². The molecule has 0 spiro atoms. The van der Waals surface area contributed by atoms with Crippen molar-refractivity contribution in [1.29, 1.82) is 0 Å². The highest BCUT2D eigenvalue weighted by atomic mass is 16.1. The van der Waals surface area contributed by atoms with Crippen molar-refractivity contribution < 1.29 is 4.79 Å². The third kappa shape index (κ3) is 5.17. The Morgan fingerprint density at radius 1 is 1.00 bits per heavy atom. The molecule has 1 amide bonds. The second-order valence-electron chi connectivity index (χ2n) is 9.28. The summed E-state index contributed by atoms with van der Waals surface area (Å²) in [6.45, 7) is 7.95. The van der Waals surface area contributed by atoms with Gasteiger partial charge in [-0.2, -0.15) is 0 Å². The van der Waals surface area contributed by atoms with Crippen LogP contribution < -0.4 is 15.5 Å². The number of rotatable bonds is 6. The molecule has 3 heterocycles. The predicted octanol–water partition coefficient (Wildman–Crippen LogP) is 3.73. The first-order valence-corrected chi connectivity index (χ1v) is 11.9. The molecule has 1 aliphatic carbocycles. The number of hydrogen-bond acceptors (Lipinski definition) is 7. The predicted molar refractivity (Wildman–Crippen MR) is 135 cm³/mol. The maximum atomic E-state index is 12.5. The first-order chi connectivity index (χ1) is 16.4. The van der Waals surface area contributed by atoms with Crippen LogP contribution in [-0.4, -0.2) is 65.0 Å². The highest BCUT2D eigenvalue weighted by molar-refractivity contribution is 6.03. The van der Waals surface area contributed by atoms with Gasteiger partial charge >= 0.3 is 0 Å². The van der Waals surface area contributed by atoms with Gasteiger partial charge in [0, 0.05) is 67.2 Å². The summed E-state index contributed by atoms with van der Waals surface area (Å²) >= 11 is 0.